The molecule has 0 N–H and O–H groups in total. The highest BCUT2D eigenvalue weighted by atomic mass is 16.2. The van der Waals surface area contributed by atoms with Crippen molar-refractivity contribution in [3.8, 4) is 0 Å². The van der Waals surface area contributed by atoms with Gasteiger partial charge in [0.15, 0.2) is 0 Å². The minimum Gasteiger partial charge on any atom is -0.345 e. The van der Waals surface area contributed by atoms with Crippen LogP contribution >= 0.6 is 0 Å². The molecule has 152 valence electrons. The number of piperidine rings is 2. The van der Waals surface area contributed by atoms with E-state index in [0.29, 0.717) is 18.4 Å². The molecular weight excluding hydrogens is 350 g/mol. The normalized spacial score (nSPS) is 30.9. The van der Waals surface area contributed by atoms with Crippen LogP contribution in [0.2, 0.25) is 0 Å². The van der Waals surface area contributed by atoms with Gasteiger partial charge < -0.3 is 14.7 Å². The standard InChI is InChI=1S/C23H33N3O2/c1-24(16-18-11-8-14-26-13-7-6-12-20(18)26)23(28)19-15-21(27)25(2)22(19)17-9-4-3-5-10-17/h3-5,9-10,18-20,22H,6-8,11-16H2,1-2H3/t18-,19+,20+,22+/m0/s1. The van der Waals surface area contributed by atoms with E-state index < -0.39 is 0 Å². The summed E-state index contributed by atoms with van der Waals surface area (Å²) in [7, 11) is 3.77. The third-order valence-electron chi connectivity index (χ3n) is 7.16. The predicted molar refractivity (Wildman–Crippen MR) is 110 cm³/mol. The highest BCUT2D eigenvalue weighted by Gasteiger charge is 2.44. The van der Waals surface area contributed by atoms with Crippen molar-refractivity contribution in [2.75, 3.05) is 33.7 Å². The van der Waals surface area contributed by atoms with Crippen molar-refractivity contribution in [3.05, 3.63) is 35.9 Å². The van der Waals surface area contributed by atoms with Crippen LogP contribution in [0.5, 0.6) is 0 Å². The van der Waals surface area contributed by atoms with Crippen molar-refractivity contribution in [3.63, 3.8) is 0 Å². The summed E-state index contributed by atoms with van der Waals surface area (Å²) < 4.78 is 0. The molecule has 4 rings (SSSR count). The maximum absolute atomic E-state index is 13.4. The summed E-state index contributed by atoms with van der Waals surface area (Å²) in [5, 5.41) is 0. The Morgan fingerprint density at radius 2 is 1.86 bits per heavy atom. The molecule has 1 aromatic carbocycles. The number of amides is 2. The molecule has 28 heavy (non-hydrogen) atoms. The highest BCUT2D eigenvalue weighted by molar-refractivity contribution is 5.90. The molecule has 4 atom stereocenters. The van der Waals surface area contributed by atoms with Crippen LogP contribution in [0, 0.1) is 11.8 Å². The minimum absolute atomic E-state index is 0.0664. The van der Waals surface area contributed by atoms with Gasteiger partial charge in [0, 0.05) is 33.1 Å². The molecule has 1 aromatic rings. The minimum atomic E-state index is -0.282. The summed E-state index contributed by atoms with van der Waals surface area (Å²) in [5.74, 6) is 0.472. The van der Waals surface area contributed by atoms with E-state index in [4.69, 9.17) is 0 Å². The fourth-order valence-electron chi connectivity index (χ4n) is 5.71. The van der Waals surface area contributed by atoms with E-state index in [2.05, 4.69) is 4.90 Å². The Morgan fingerprint density at radius 1 is 1.11 bits per heavy atom. The lowest BCUT2D eigenvalue weighted by atomic mass is 9.83. The largest absolute Gasteiger partial charge is 0.345 e. The quantitative estimate of drug-likeness (QED) is 0.803. The number of hydrogen-bond donors (Lipinski definition) is 0. The molecule has 3 fully saturated rings. The predicted octanol–water partition coefficient (Wildman–Crippen LogP) is 2.93. The number of hydrogen-bond acceptors (Lipinski definition) is 3. The molecule has 3 saturated heterocycles. The maximum Gasteiger partial charge on any atom is 0.228 e. The molecule has 5 heteroatoms. The molecule has 3 aliphatic rings. The second kappa shape index (κ2) is 8.24. The summed E-state index contributed by atoms with van der Waals surface area (Å²) >= 11 is 0. The van der Waals surface area contributed by atoms with Crippen LogP contribution in [-0.4, -0.2) is 66.3 Å². The number of fused-ring (bicyclic) bond motifs is 1. The number of rotatable bonds is 4. The van der Waals surface area contributed by atoms with Gasteiger partial charge >= 0.3 is 0 Å². The molecule has 0 saturated carbocycles. The number of likely N-dealkylation sites (tertiary alicyclic amines) is 1. The van der Waals surface area contributed by atoms with Gasteiger partial charge in [-0.2, -0.15) is 0 Å². The first-order chi connectivity index (χ1) is 13.6. The molecule has 0 unspecified atom stereocenters. The van der Waals surface area contributed by atoms with E-state index in [-0.39, 0.29) is 23.8 Å². The molecule has 0 bridgehead atoms. The third kappa shape index (κ3) is 3.69. The number of carbonyl (C=O) groups excluding carboxylic acids is 2. The van der Waals surface area contributed by atoms with Crippen molar-refractivity contribution in [1.82, 2.24) is 14.7 Å². The number of benzene rings is 1. The smallest absolute Gasteiger partial charge is 0.228 e. The topological polar surface area (TPSA) is 43.9 Å². The zero-order valence-electron chi connectivity index (χ0n) is 17.2. The van der Waals surface area contributed by atoms with E-state index in [0.717, 1.165) is 12.1 Å². The molecule has 3 heterocycles. The summed E-state index contributed by atoms with van der Waals surface area (Å²) in [5.41, 5.74) is 1.05. The Bertz CT molecular complexity index is 705. The van der Waals surface area contributed by atoms with Crippen LogP contribution in [0.25, 0.3) is 0 Å². The molecule has 0 radical (unpaired) electrons. The summed E-state index contributed by atoms with van der Waals surface area (Å²) in [6, 6.07) is 10.5. The van der Waals surface area contributed by atoms with Gasteiger partial charge in [0.25, 0.3) is 0 Å². The second-order valence-corrected chi connectivity index (χ2v) is 8.89. The highest BCUT2D eigenvalue weighted by Crippen LogP contribution is 2.38. The van der Waals surface area contributed by atoms with Crippen LogP contribution in [-0.2, 0) is 9.59 Å². The molecule has 0 aromatic heterocycles. The molecular formula is C23H33N3O2. The number of carbonyl (C=O) groups is 2. The fraction of sp³-hybridized carbons (Fsp3) is 0.652. The SMILES string of the molecule is CN(C[C@@H]1CCCN2CCCC[C@H]12)C(=O)[C@@H]1CC(=O)N(C)[C@@H]1c1ccccc1. The summed E-state index contributed by atoms with van der Waals surface area (Å²) in [6.45, 7) is 3.25. The van der Waals surface area contributed by atoms with Crippen molar-refractivity contribution in [2.45, 2.75) is 50.6 Å². The van der Waals surface area contributed by atoms with E-state index in [9.17, 15) is 9.59 Å². The van der Waals surface area contributed by atoms with Gasteiger partial charge in [-0.1, -0.05) is 36.8 Å². The zero-order chi connectivity index (χ0) is 19.7. The average Bonchev–Trinajstić information content (AvgIpc) is 3.03. The van der Waals surface area contributed by atoms with Crippen LogP contribution in [0.1, 0.15) is 50.1 Å². The van der Waals surface area contributed by atoms with Crippen molar-refractivity contribution in [1.29, 1.82) is 0 Å². The van der Waals surface area contributed by atoms with Gasteiger partial charge in [0.05, 0.1) is 12.0 Å². The monoisotopic (exact) mass is 383 g/mol. The van der Waals surface area contributed by atoms with Gasteiger partial charge in [-0.15, -0.1) is 0 Å². The lowest BCUT2D eigenvalue weighted by molar-refractivity contribution is -0.136. The lowest BCUT2D eigenvalue weighted by Crippen LogP contribution is -2.51. The van der Waals surface area contributed by atoms with Gasteiger partial charge in [-0.25, -0.2) is 0 Å². The van der Waals surface area contributed by atoms with Crippen molar-refractivity contribution < 1.29 is 9.59 Å². The Hall–Kier alpha value is -1.88. The number of nitrogens with zero attached hydrogens (tertiary/aromatic N) is 3. The fourth-order valence-corrected chi connectivity index (χ4v) is 5.71. The zero-order valence-corrected chi connectivity index (χ0v) is 17.2. The molecule has 0 aliphatic carbocycles. The van der Waals surface area contributed by atoms with Gasteiger partial charge in [0.1, 0.15) is 0 Å². The van der Waals surface area contributed by atoms with Crippen LogP contribution < -0.4 is 0 Å². The van der Waals surface area contributed by atoms with E-state index in [1.807, 2.05) is 49.3 Å². The average molecular weight is 384 g/mol. The molecule has 5 nitrogen and oxygen atoms in total. The Morgan fingerprint density at radius 3 is 2.64 bits per heavy atom. The van der Waals surface area contributed by atoms with E-state index >= 15 is 0 Å². The Kier molecular flexibility index (Phi) is 5.72. The maximum atomic E-state index is 13.4. The third-order valence-corrected chi connectivity index (χ3v) is 7.16. The summed E-state index contributed by atoms with van der Waals surface area (Å²) in [6.07, 6.45) is 6.66. The van der Waals surface area contributed by atoms with E-state index in [1.54, 1.807) is 4.90 Å². The van der Waals surface area contributed by atoms with E-state index in [1.165, 1.54) is 45.2 Å². The lowest BCUT2D eigenvalue weighted by Gasteiger charge is -2.45. The molecule has 2 amide bonds. The molecule has 0 spiro atoms. The first-order valence-corrected chi connectivity index (χ1v) is 10.9. The molecule has 3 aliphatic heterocycles. The van der Waals surface area contributed by atoms with Gasteiger partial charge in [-0.3, -0.25) is 9.59 Å². The Balaban J connectivity index is 1.47. The van der Waals surface area contributed by atoms with Crippen LogP contribution in [0.3, 0.4) is 0 Å². The van der Waals surface area contributed by atoms with Crippen LogP contribution in [0.4, 0.5) is 0 Å². The summed E-state index contributed by atoms with van der Waals surface area (Å²) in [4.78, 5) is 32.1. The van der Waals surface area contributed by atoms with Crippen LogP contribution in [0.15, 0.2) is 30.3 Å². The van der Waals surface area contributed by atoms with Gasteiger partial charge in [0.2, 0.25) is 11.8 Å². The first kappa shape index (κ1) is 19.4. The first-order valence-electron chi connectivity index (χ1n) is 10.9. The Labute approximate surface area is 168 Å². The van der Waals surface area contributed by atoms with Crippen molar-refractivity contribution in [2.24, 2.45) is 11.8 Å². The van der Waals surface area contributed by atoms with Crippen molar-refractivity contribution >= 4 is 11.8 Å². The second-order valence-electron chi connectivity index (χ2n) is 8.89. The van der Waals surface area contributed by atoms with Gasteiger partial charge in [-0.05, 0) is 50.3 Å².